The molecular weight excluding hydrogens is 382 g/mol. The first-order chi connectivity index (χ1) is 8.32. The summed E-state index contributed by atoms with van der Waals surface area (Å²) in [4.78, 5) is 0.339. The third-order valence-electron chi connectivity index (χ3n) is 3.21. The van der Waals surface area contributed by atoms with Crippen LogP contribution < -0.4 is 0 Å². The van der Waals surface area contributed by atoms with Gasteiger partial charge in [-0.3, -0.25) is 0 Å². The summed E-state index contributed by atoms with van der Waals surface area (Å²) in [5, 5.41) is 0. The lowest BCUT2D eigenvalue weighted by Gasteiger charge is -2.21. The van der Waals surface area contributed by atoms with Crippen molar-refractivity contribution in [3.8, 4) is 0 Å². The number of hydrogen-bond acceptors (Lipinski definition) is 2. The van der Waals surface area contributed by atoms with Crippen LogP contribution in [0, 0.1) is 5.92 Å². The van der Waals surface area contributed by atoms with Crippen molar-refractivity contribution in [2.45, 2.75) is 31.2 Å². The Balaban J connectivity index is 2.42. The summed E-state index contributed by atoms with van der Waals surface area (Å²) < 4.78 is 28.3. The molecule has 0 aliphatic carbocycles. The molecule has 6 heteroatoms. The Morgan fingerprint density at radius 2 is 1.94 bits per heavy atom. The Kier molecular flexibility index (Phi) is 4.21. The van der Waals surface area contributed by atoms with Gasteiger partial charge in [-0.05, 0) is 53.4 Å². The minimum Gasteiger partial charge on any atom is -0.207 e. The molecule has 0 aromatic heterocycles. The molecule has 1 aromatic carbocycles. The minimum atomic E-state index is -3.40. The second-order valence-corrected chi connectivity index (χ2v) is 8.47. The van der Waals surface area contributed by atoms with Crippen LogP contribution in [0.4, 0.5) is 0 Å². The summed E-state index contributed by atoms with van der Waals surface area (Å²) >= 11 is 6.66. The lowest BCUT2D eigenvalue weighted by atomic mass is 10.1. The molecule has 100 valence electrons. The Morgan fingerprint density at radius 3 is 2.44 bits per heavy atom. The van der Waals surface area contributed by atoms with Crippen LogP contribution in [0.3, 0.4) is 0 Å². The number of sulfonamides is 1. The topological polar surface area (TPSA) is 37.4 Å². The molecule has 2 atom stereocenters. The van der Waals surface area contributed by atoms with E-state index in [-0.39, 0.29) is 6.04 Å². The van der Waals surface area contributed by atoms with Gasteiger partial charge < -0.3 is 0 Å². The van der Waals surface area contributed by atoms with E-state index >= 15 is 0 Å². The lowest BCUT2D eigenvalue weighted by Crippen LogP contribution is -2.34. The molecule has 1 heterocycles. The van der Waals surface area contributed by atoms with Crippen LogP contribution in [0.5, 0.6) is 0 Å². The smallest absolute Gasteiger partial charge is 0.207 e. The van der Waals surface area contributed by atoms with Crippen LogP contribution in [0.1, 0.15) is 20.3 Å². The zero-order valence-corrected chi connectivity index (χ0v) is 14.2. The zero-order valence-electron chi connectivity index (χ0n) is 10.2. The maximum absolute atomic E-state index is 12.6. The van der Waals surface area contributed by atoms with Gasteiger partial charge in [-0.25, -0.2) is 8.42 Å². The van der Waals surface area contributed by atoms with Gasteiger partial charge in [-0.2, -0.15) is 4.31 Å². The Hall–Kier alpha value is 0.0900. The van der Waals surface area contributed by atoms with Gasteiger partial charge in [-0.1, -0.05) is 22.9 Å². The van der Waals surface area contributed by atoms with Gasteiger partial charge in [0.1, 0.15) is 0 Å². The zero-order chi connectivity index (χ0) is 13.5. The highest BCUT2D eigenvalue weighted by Gasteiger charge is 2.36. The first kappa shape index (κ1) is 14.5. The first-order valence-electron chi connectivity index (χ1n) is 5.79. The number of nitrogens with zero attached hydrogens (tertiary/aromatic N) is 1. The summed E-state index contributed by atoms with van der Waals surface area (Å²) in [6.45, 7) is 4.66. The van der Waals surface area contributed by atoms with Gasteiger partial charge in [-0.15, -0.1) is 0 Å². The monoisotopic (exact) mass is 395 g/mol. The highest BCUT2D eigenvalue weighted by molar-refractivity contribution is 9.11. The lowest BCUT2D eigenvalue weighted by molar-refractivity contribution is 0.405. The second-order valence-electron chi connectivity index (χ2n) is 4.84. The minimum absolute atomic E-state index is 0.0700. The van der Waals surface area contributed by atoms with E-state index in [9.17, 15) is 8.42 Å². The average molecular weight is 397 g/mol. The van der Waals surface area contributed by atoms with Gasteiger partial charge >= 0.3 is 0 Å². The fourth-order valence-electron chi connectivity index (χ4n) is 2.41. The normalized spacial score (nSPS) is 25.6. The number of benzene rings is 1. The molecule has 0 amide bonds. The van der Waals surface area contributed by atoms with Crippen molar-refractivity contribution in [1.82, 2.24) is 4.31 Å². The molecule has 0 radical (unpaired) electrons. The highest BCUT2D eigenvalue weighted by Crippen LogP contribution is 2.33. The summed E-state index contributed by atoms with van der Waals surface area (Å²) in [6, 6.07) is 5.22. The van der Waals surface area contributed by atoms with Crippen molar-refractivity contribution >= 4 is 41.9 Å². The molecule has 1 aromatic rings. The van der Waals surface area contributed by atoms with Crippen molar-refractivity contribution in [3.63, 3.8) is 0 Å². The van der Waals surface area contributed by atoms with Gasteiger partial charge in [0.05, 0.1) is 4.90 Å². The van der Waals surface area contributed by atoms with Crippen molar-refractivity contribution in [2.24, 2.45) is 5.92 Å². The van der Waals surface area contributed by atoms with Crippen LogP contribution in [0.25, 0.3) is 0 Å². The molecule has 0 N–H and O–H groups in total. The largest absolute Gasteiger partial charge is 0.244 e. The van der Waals surface area contributed by atoms with Gasteiger partial charge in [0.15, 0.2) is 0 Å². The van der Waals surface area contributed by atoms with Crippen molar-refractivity contribution in [3.05, 3.63) is 27.1 Å². The molecule has 1 aliphatic heterocycles. The van der Waals surface area contributed by atoms with Crippen LogP contribution >= 0.6 is 31.9 Å². The van der Waals surface area contributed by atoms with Gasteiger partial charge in [0, 0.05) is 21.5 Å². The maximum atomic E-state index is 12.6. The van der Waals surface area contributed by atoms with E-state index in [4.69, 9.17) is 0 Å². The third kappa shape index (κ3) is 2.66. The quantitative estimate of drug-likeness (QED) is 0.765. The Bertz CT molecular complexity index is 559. The average Bonchev–Trinajstić information content (AvgIpc) is 2.57. The van der Waals surface area contributed by atoms with Crippen LogP contribution in [-0.2, 0) is 10.0 Å². The SMILES string of the molecule is CC1CC(C)N(S(=O)(=O)c2ccc(Br)cc2Br)C1. The summed E-state index contributed by atoms with van der Waals surface area (Å²) in [5.41, 5.74) is 0. The third-order valence-corrected chi connectivity index (χ3v) is 6.66. The number of rotatable bonds is 2. The Labute approximate surface area is 125 Å². The summed E-state index contributed by atoms with van der Waals surface area (Å²) in [7, 11) is -3.40. The van der Waals surface area contributed by atoms with E-state index in [1.807, 2.05) is 6.92 Å². The molecule has 1 fully saturated rings. The molecule has 18 heavy (non-hydrogen) atoms. The molecule has 0 saturated carbocycles. The molecule has 0 spiro atoms. The molecule has 2 unspecified atom stereocenters. The van der Waals surface area contributed by atoms with E-state index < -0.39 is 10.0 Å². The van der Waals surface area contributed by atoms with Crippen LogP contribution in [-0.4, -0.2) is 25.3 Å². The molecule has 2 rings (SSSR count). The fraction of sp³-hybridized carbons (Fsp3) is 0.500. The summed E-state index contributed by atoms with van der Waals surface area (Å²) in [6.07, 6.45) is 0.924. The highest BCUT2D eigenvalue weighted by atomic mass is 79.9. The number of hydrogen-bond donors (Lipinski definition) is 0. The standard InChI is InChI=1S/C12H15Br2NO2S/c1-8-5-9(2)15(7-8)18(16,17)12-4-3-10(13)6-11(12)14/h3-4,6,8-9H,5,7H2,1-2H3. The molecular formula is C12H15Br2NO2S. The van der Waals surface area contributed by atoms with Crippen LogP contribution in [0.2, 0.25) is 0 Å². The van der Waals surface area contributed by atoms with Crippen molar-refractivity contribution < 1.29 is 8.42 Å². The molecule has 3 nitrogen and oxygen atoms in total. The molecule has 0 bridgehead atoms. The van der Waals surface area contributed by atoms with E-state index in [0.29, 0.717) is 21.8 Å². The second kappa shape index (κ2) is 5.23. The molecule has 1 saturated heterocycles. The van der Waals surface area contributed by atoms with E-state index in [1.54, 1.807) is 22.5 Å². The Morgan fingerprint density at radius 1 is 1.28 bits per heavy atom. The van der Waals surface area contributed by atoms with Crippen LogP contribution in [0.15, 0.2) is 32.0 Å². The van der Waals surface area contributed by atoms with Crippen molar-refractivity contribution in [2.75, 3.05) is 6.54 Å². The van der Waals surface area contributed by atoms with Gasteiger partial charge in [0.25, 0.3) is 0 Å². The number of halogens is 2. The predicted molar refractivity (Wildman–Crippen MR) is 79.0 cm³/mol. The van der Waals surface area contributed by atoms with E-state index in [0.717, 1.165) is 10.9 Å². The van der Waals surface area contributed by atoms with Gasteiger partial charge in [0.2, 0.25) is 10.0 Å². The predicted octanol–water partition coefficient (Wildman–Crippen LogP) is 3.63. The van der Waals surface area contributed by atoms with E-state index in [1.165, 1.54) is 0 Å². The summed E-state index contributed by atoms with van der Waals surface area (Å²) in [5.74, 6) is 0.420. The molecule has 1 aliphatic rings. The first-order valence-corrected chi connectivity index (χ1v) is 8.82. The van der Waals surface area contributed by atoms with Crippen molar-refractivity contribution in [1.29, 1.82) is 0 Å². The van der Waals surface area contributed by atoms with E-state index in [2.05, 4.69) is 38.8 Å². The maximum Gasteiger partial charge on any atom is 0.244 e. The fourth-order valence-corrected chi connectivity index (χ4v) is 5.88.